The van der Waals surface area contributed by atoms with Crippen LogP contribution in [-0.2, 0) is 41.7 Å². The third-order valence-corrected chi connectivity index (χ3v) is 9.38. The summed E-state index contributed by atoms with van der Waals surface area (Å²) in [6, 6.07) is 8.84. The summed E-state index contributed by atoms with van der Waals surface area (Å²) >= 11 is 1.49. The predicted octanol–water partition coefficient (Wildman–Crippen LogP) is 6.16. The van der Waals surface area contributed by atoms with Crippen molar-refractivity contribution in [3.05, 3.63) is 70.8 Å². The molecule has 2 aliphatic rings. The molecule has 1 spiro atoms. The third kappa shape index (κ3) is 8.74. The number of likely N-dealkylation sites (tertiary alicyclic amines) is 1. The van der Waals surface area contributed by atoms with Crippen LogP contribution in [0.3, 0.4) is 0 Å². The van der Waals surface area contributed by atoms with Crippen molar-refractivity contribution in [2.45, 2.75) is 74.6 Å². The molecule has 0 aromatic heterocycles. The zero-order chi connectivity index (χ0) is 35.3. The Labute approximate surface area is 277 Å². The number of esters is 1. The molecule has 2 aromatic rings. The van der Waals surface area contributed by atoms with E-state index >= 15 is 0 Å². The second-order valence-corrected chi connectivity index (χ2v) is 13.0. The van der Waals surface area contributed by atoms with Gasteiger partial charge in [-0.1, -0.05) is 30.3 Å². The van der Waals surface area contributed by atoms with Gasteiger partial charge in [-0.25, -0.2) is 4.79 Å². The zero-order valence-corrected chi connectivity index (χ0v) is 27.1. The van der Waals surface area contributed by atoms with Crippen molar-refractivity contribution in [1.82, 2.24) is 10.2 Å². The number of hydrogen-bond acceptors (Lipinski definition) is 8. The Morgan fingerprint density at radius 2 is 1.65 bits per heavy atom. The number of amides is 2. The zero-order valence-electron chi connectivity index (χ0n) is 26.3. The quantitative estimate of drug-likeness (QED) is 0.162. The number of carbonyl (C=O) groups excluding carboxylic acids is 3. The smallest absolute Gasteiger partial charge is 0.416 e. The first-order valence-electron chi connectivity index (χ1n) is 15.1. The van der Waals surface area contributed by atoms with E-state index in [1.165, 1.54) is 23.6 Å². The Morgan fingerprint density at radius 1 is 1.00 bits per heavy atom. The summed E-state index contributed by atoms with van der Waals surface area (Å²) in [5.74, 6) is -0.382. The predicted molar refractivity (Wildman–Crippen MR) is 163 cm³/mol. The largest absolute Gasteiger partial charge is 0.427 e. The van der Waals surface area contributed by atoms with Crippen LogP contribution >= 0.6 is 11.8 Å². The highest BCUT2D eigenvalue weighted by Gasteiger charge is 2.54. The molecule has 3 N–H and O–H groups in total. The van der Waals surface area contributed by atoms with Crippen LogP contribution in [0.5, 0.6) is 0 Å². The lowest BCUT2D eigenvalue weighted by Crippen LogP contribution is -2.65. The van der Waals surface area contributed by atoms with Gasteiger partial charge in [0.15, 0.2) is 0 Å². The van der Waals surface area contributed by atoms with Gasteiger partial charge in [0, 0.05) is 13.0 Å². The number of piperidine rings is 1. The number of ether oxygens (including phenoxy) is 3. The molecular weight excluding hydrogens is 668 g/mol. The van der Waals surface area contributed by atoms with E-state index < -0.39 is 65.6 Å². The van der Waals surface area contributed by atoms with Crippen molar-refractivity contribution in [2.24, 2.45) is 5.73 Å². The van der Waals surface area contributed by atoms with Crippen LogP contribution < -0.4 is 11.1 Å². The van der Waals surface area contributed by atoms with Crippen LogP contribution in [0, 0.1) is 0 Å². The van der Waals surface area contributed by atoms with Crippen LogP contribution in [0.15, 0.2) is 48.5 Å². The van der Waals surface area contributed by atoms with E-state index in [1.807, 2.05) is 6.26 Å². The molecule has 0 aliphatic carbocycles. The second kappa shape index (κ2) is 14.9. The summed E-state index contributed by atoms with van der Waals surface area (Å²) in [6.07, 6.45) is -8.96. The monoisotopic (exact) mass is 705 g/mol. The van der Waals surface area contributed by atoms with E-state index in [0.717, 1.165) is 0 Å². The number of alkyl halides is 6. The van der Waals surface area contributed by atoms with E-state index in [2.05, 4.69) is 5.32 Å². The van der Waals surface area contributed by atoms with Crippen molar-refractivity contribution in [1.29, 1.82) is 0 Å². The lowest BCUT2D eigenvalue weighted by molar-refractivity contribution is -0.155. The van der Waals surface area contributed by atoms with Crippen molar-refractivity contribution >= 4 is 29.7 Å². The van der Waals surface area contributed by atoms with E-state index in [0.29, 0.717) is 42.7 Å². The van der Waals surface area contributed by atoms with Crippen LogP contribution in [-0.4, -0.2) is 66.4 Å². The molecule has 4 atom stereocenters. The maximum absolute atomic E-state index is 13.8. The van der Waals surface area contributed by atoms with E-state index in [9.17, 15) is 40.7 Å². The van der Waals surface area contributed by atoms with Crippen molar-refractivity contribution in [2.75, 3.05) is 32.0 Å². The fourth-order valence-electron chi connectivity index (χ4n) is 5.97. The Kier molecular flexibility index (Phi) is 11.6. The minimum absolute atomic E-state index is 0.0400. The van der Waals surface area contributed by atoms with E-state index in [1.54, 1.807) is 30.3 Å². The highest BCUT2D eigenvalue weighted by molar-refractivity contribution is 7.98. The summed E-state index contributed by atoms with van der Waals surface area (Å²) < 4.78 is 98.0. The van der Waals surface area contributed by atoms with Crippen LogP contribution in [0.25, 0.3) is 0 Å². The molecule has 16 heteroatoms. The van der Waals surface area contributed by atoms with Gasteiger partial charge in [0.1, 0.15) is 6.04 Å². The molecule has 2 saturated heterocycles. The van der Waals surface area contributed by atoms with Gasteiger partial charge in [-0.2, -0.15) is 38.1 Å². The molecule has 48 heavy (non-hydrogen) atoms. The fourth-order valence-corrected chi connectivity index (χ4v) is 6.46. The Balaban J connectivity index is 1.65. The molecule has 2 fully saturated rings. The number of carbonyl (C=O) groups is 3. The number of nitrogens with zero attached hydrogens (tertiary/aromatic N) is 1. The van der Waals surface area contributed by atoms with Gasteiger partial charge in [-0.05, 0) is 73.9 Å². The molecular formula is C32H37F6N3O6S. The lowest BCUT2D eigenvalue weighted by Gasteiger charge is -2.52. The average molecular weight is 706 g/mol. The lowest BCUT2D eigenvalue weighted by atomic mass is 9.74. The highest BCUT2D eigenvalue weighted by atomic mass is 32.2. The SMILES string of the molecule is CSCCC(N)C(=O)OCOC(=O)N1C[C@@]2(CCC(=O)N2)CC[C@@]1(CO[C@H](C)c1cc(C(F)(F)F)cc(C(F)(F)F)c1)c1ccccc1. The van der Waals surface area contributed by atoms with Gasteiger partial charge in [0.05, 0.1) is 34.9 Å². The van der Waals surface area contributed by atoms with E-state index in [4.69, 9.17) is 19.9 Å². The van der Waals surface area contributed by atoms with Gasteiger partial charge in [-0.15, -0.1) is 0 Å². The summed E-state index contributed by atoms with van der Waals surface area (Å²) in [4.78, 5) is 39.7. The normalized spacial score (nSPS) is 22.7. The van der Waals surface area contributed by atoms with Crippen LogP contribution in [0.4, 0.5) is 31.1 Å². The standard InChI is InChI=1S/C32H37F6N3O6S/c1-20(21-14-23(31(33,34)35)16-24(15-21)32(36,37)38)45-18-30(22-6-4-3-5-7-22)12-11-29(10-8-26(42)40-29)17-41(30)28(44)47-19-46-27(43)25(39)9-13-48-2/h3-7,14-16,20,25H,8-13,17-19,39H2,1-2H3,(H,40,42)/t20-,25?,29-,30-/m1/s1. The molecule has 264 valence electrons. The number of benzene rings is 2. The van der Waals surface area contributed by atoms with Gasteiger partial charge >= 0.3 is 24.4 Å². The Morgan fingerprint density at radius 3 is 2.21 bits per heavy atom. The van der Waals surface area contributed by atoms with Gasteiger partial charge in [0.25, 0.3) is 0 Å². The first-order chi connectivity index (χ1) is 22.5. The maximum Gasteiger partial charge on any atom is 0.416 e. The maximum atomic E-state index is 13.8. The first-order valence-corrected chi connectivity index (χ1v) is 16.5. The van der Waals surface area contributed by atoms with Gasteiger partial charge in [-0.3, -0.25) is 14.5 Å². The van der Waals surface area contributed by atoms with Gasteiger partial charge < -0.3 is 25.3 Å². The van der Waals surface area contributed by atoms with Crippen molar-refractivity contribution in [3.63, 3.8) is 0 Å². The molecule has 2 aliphatic heterocycles. The molecule has 0 bridgehead atoms. The molecule has 1 unspecified atom stereocenters. The van der Waals surface area contributed by atoms with Gasteiger partial charge in [0.2, 0.25) is 12.7 Å². The Bertz CT molecular complexity index is 1430. The van der Waals surface area contributed by atoms with Crippen molar-refractivity contribution < 1.29 is 54.9 Å². The average Bonchev–Trinajstić information content (AvgIpc) is 3.41. The van der Waals surface area contributed by atoms with Crippen LogP contribution in [0.1, 0.15) is 67.4 Å². The third-order valence-electron chi connectivity index (χ3n) is 8.73. The molecule has 9 nitrogen and oxygen atoms in total. The summed E-state index contributed by atoms with van der Waals surface area (Å²) in [6.45, 7) is 0.118. The molecule has 4 rings (SSSR count). The van der Waals surface area contributed by atoms with Crippen LogP contribution in [0.2, 0.25) is 0 Å². The fraction of sp³-hybridized carbons (Fsp3) is 0.531. The highest BCUT2D eigenvalue weighted by Crippen LogP contribution is 2.45. The minimum Gasteiger partial charge on any atom is -0.427 e. The topological polar surface area (TPSA) is 120 Å². The molecule has 2 amide bonds. The minimum atomic E-state index is -5.05. The number of rotatable bonds is 11. The number of hydrogen-bond donors (Lipinski definition) is 2. The number of halogens is 6. The molecule has 0 radical (unpaired) electrons. The second-order valence-electron chi connectivity index (χ2n) is 12.0. The van der Waals surface area contributed by atoms with Crippen molar-refractivity contribution in [3.8, 4) is 0 Å². The van der Waals surface area contributed by atoms with E-state index in [-0.39, 0.29) is 43.5 Å². The number of nitrogens with one attached hydrogen (secondary N) is 1. The number of thioether (sulfide) groups is 1. The summed E-state index contributed by atoms with van der Waals surface area (Å²) in [7, 11) is 0. The number of nitrogens with two attached hydrogens (primary N) is 1. The summed E-state index contributed by atoms with van der Waals surface area (Å²) in [5.41, 5.74) is 0.883. The Hall–Kier alpha value is -3.50. The first kappa shape index (κ1) is 37.3. The molecule has 2 heterocycles. The summed E-state index contributed by atoms with van der Waals surface area (Å²) in [5, 5.41) is 2.94. The molecule has 0 saturated carbocycles. The molecule has 2 aromatic carbocycles.